The Kier molecular flexibility index (Phi) is 3.36. The summed E-state index contributed by atoms with van der Waals surface area (Å²) in [5, 5.41) is 18.6. The number of hydrogen-bond acceptors (Lipinski definition) is 4. The lowest BCUT2D eigenvalue weighted by Gasteiger charge is -2.21. The lowest BCUT2D eigenvalue weighted by atomic mass is 9.86. The van der Waals surface area contributed by atoms with Crippen molar-refractivity contribution in [2.24, 2.45) is 5.41 Å². The Bertz CT molecular complexity index is 338. The van der Waals surface area contributed by atoms with Gasteiger partial charge in [0.1, 0.15) is 0 Å². The number of carboxylic acid groups (broad SMARTS) is 1. The Balaban J connectivity index is 2.72. The fourth-order valence-corrected chi connectivity index (χ4v) is 1.16. The summed E-state index contributed by atoms with van der Waals surface area (Å²) in [7, 11) is 0. The van der Waals surface area contributed by atoms with E-state index < -0.39 is 17.5 Å². The molecule has 0 bridgehead atoms. The van der Waals surface area contributed by atoms with E-state index in [0.29, 0.717) is 5.69 Å². The third-order valence-corrected chi connectivity index (χ3v) is 2.21. The fraction of sp³-hybridized carbons (Fsp3) is 0.500. The molecule has 0 fully saturated rings. The molecule has 1 rings (SSSR count). The maximum atomic E-state index is 10.8. The molecule has 1 aromatic heterocycles. The van der Waals surface area contributed by atoms with Crippen LogP contribution >= 0.6 is 0 Å². The molecule has 0 aliphatic heterocycles. The first-order chi connectivity index (χ1) is 6.93. The van der Waals surface area contributed by atoms with Gasteiger partial charge < -0.3 is 10.2 Å². The molecule has 0 saturated carbocycles. The Morgan fingerprint density at radius 1 is 1.53 bits per heavy atom. The van der Waals surface area contributed by atoms with Crippen molar-refractivity contribution in [3.63, 3.8) is 0 Å². The second-order valence-electron chi connectivity index (χ2n) is 4.04. The molecule has 1 atom stereocenters. The van der Waals surface area contributed by atoms with Crippen molar-refractivity contribution in [1.29, 1.82) is 0 Å². The first-order valence-electron chi connectivity index (χ1n) is 4.61. The van der Waals surface area contributed by atoms with Crippen LogP contribution in [0.5, 0.6) is 0 Å². The molecule has 1 aromatic rings. The van der Waals surface area contributed by atoms with Crippen LogP contribution in [0.2, 0.25) is 0 Å². The number of hydrogen-bond donors (Lipinski definition) is 2. The third-order valence-electron chi connectivity index (χ3n) is 2.21. The van der Waals surface area contributed by atoms with E-state index in [9.17, 15) is 9.90 Å². The highest BCUT2D eigenvalue weighted by molar-refractivity contribution is 5.73. The monoisotopic (exact) mass is 210 g/mol. The topological polar surface area (TPSA) is 83.3 Å². The predicted octanol–water partition coefficient (Wildman–Crippen LogP) is 1.01. The number of nitrogens with zero attached hydrogens (tertiary/aromatic N) is 2. The highest BCUT2D eigenvalue weighted by Crippen LogP contribution is 2.28. The van der Waals surface area contributed by atoms with Crippen LogP contribution in [0, 0.1) is 5.41 Å². The number of aromatic nitrogens is 2. The Morgan fingerprint density at radius 3 is 2.67 bits per heavy atom. The standard InChI is InChI=1S/C10H14N2O3/c1-10(2,9(14)15)5-8(13)7-6-11-3-4-12-7/h3-4,6,8,13H,5H2,1-2H3,(H,14,15). The average molecular weight is 210 g/mol. The molecule has 82 valence electrons. The van der Waals surface area contributed by atoms with Gasteiger partial charge in [0.15, 0.2) is 0 Å². The van der Waals surface area contributed by atoms with Crippen LogP contribution < -0.4 is 0 Å². The van der Waals surface area contributed by atoms with Crippen LogP contribution in [0.15, 0.2) is 18.6 Å². The third kappa shape index (κ3) is 2.99. The van der Waals surface area contributed by atoms with Gasteiger partial charge in [-0.3, -0.25) is 14.8 Å². The van der Waals surface area contributed by atoms with Crippen LogP contribution in [-0.4, -0.2) is 26.2 Å². The first-order valence-corrected chi connectivity index (χ1v) is 4.61. The van der Waals surface area contributed by atoms with E-state index in [1.165, 1.54) is 18.6 Å². The normalized spacial score (nSPS) is 13.5. The van der Waals surface area contributed by atoms with Crippen molar-refractivity contribution < 1.29 is 15.0 Å². The zero-order valence-electron chi connectivity index (χ0n) is 8.71. The molecular formula is C10H14N2O3. The Hall–Kier alpha value is -1.49. The average Bonchev–Trinajstić information content (AvgIpc) is 2.18. The minimum atomic E-state index is -0.975. The van der Waals surface area contributed by atoms with Crippen LogP contribution in [0.25, 0.3) is 0 Å². The number of rotatable bonds is 4. The summed E-state index contributed by atoms with van der Waals surface area (Å²) in [4.78, 5) is 18.6. The SMILES string of the molecule is CC(C)(CC(O)c1cnccn1)C(=O)O. The molecule has 0 aliphatic rings. The van der Waals surface area contributed by atoms with Crippen LogP contribution in [0.3, 0.4) is 0 Å². The number of aliphatic hydroxyl groups excluding tert-OH is 1. The van der Waals surface area contributed by atoms with Crippen molar-refractivity contribution in [2.75, 3.05) is 0 Å². The molecule has 0 aromatic carbocycles. The summed E-state index contributed by atoms with van der Waals surface area (Å²) in [6, 6.07) is 0. The van der Waals surface area contributed by atoms with Crippen LogP contribution in [0.4, 0.5) is 0 Å². The zero-order valence-corrected chi connectivity index (χ0v) is 8.71. The molecule has 15 heavy (non-hydrogen) atoms. The van der Waals surface area contributed by atoms with E-state index in [1.54, 1.807) is 13.8 Å². The molecule has 0 amide bonds. The number of aliphatic hydroxyl groups is 1. The Morgan fingerprint density at radius 2 is 2.20 bits per heavy atom. The van der Waals surface area contributed by atoms with E-state index in [1.807, 2.05) is 0 Å². The second-order valence-corrected chi connectivity index (χ2v) is 4.04. The molecule has 0 aliphatic carbocycles. The van der Waals surface area contributed by atoms with Crippen molar-refractivity contribution in [1.82, 2.24) is 9.97 Å². The highest BCUT2D eigenvalue weighted by atomic mass is 16.4. The Labute approximate surface area is 87.8 Å². The van der Waals surface area contributed by atoms with E-state index >= 15 is 0 Å². The van der Waals surface area contributed by atoms with Gasteiger partial charge in [-0.2, -0.15) is 0 Å². The van der Waals surface area contributed by atoms with Crippen LogP contribution in [-0.2, 0) is 4.79 Å². The van der Waals surface area contributed by atoms with Gasteiger partial charge in [-0.1, -0.05) is 0 Å². The summed E-state index contributed by atoms with van der Waals surface area (Å²) < 4.78 is 0. The fourth-order valence-electron chi connectivity index (χ4n) is 1.16. The van der Waals surface area contributed by atoms with E-state index in [0.717, 1.165) is 0 Å². The van der Waals surface area contributed by atoms with Gasteiger partial charge >= 0.3 is 5.97 Å². The van der Waals surface area contributed by atoms with Gasteiger partial charge in [-0.25, -0.2) is 0 Å². The van der Waals surface area contributed by atoms with E-state index in [2.05, 4.69) is 9.97 Å². The lowest BCUT2D eigenvalue weighted by molar-refractivity contribution is -0.148. The van der Waals surface area contributed by atoms with Crippen LogP contribution in [0.1, 0.15) is 32.1 Å². The number of aliphatic carboxylic acids is 1. The molecular weight excluding hydrogens is 196 g/mol. The van der Waals surface area contributed by atoms with Gasteiger partial charge in [0.2, 0.25) is 0 Å². The lowest BCUT2D eigenvalue weighted by Crippen LogP contribution is -2.26. The van der Waals surface area contributed by atoms with Crippen molar-refractivity contribution in [3.8, 4) is 0 Å². The minimum absolute atomic E-state index is 0.112. The molecule has 5 heteroatoms. The molecule has 1 unspecified atom stereocenters. The molecule has 1 heterocycles. The largest absolute Gasteiger partial charge is 0.481 e. The smallest absolute Gasteiger partial charge is 0.309 e. The highest BCUT2D eigenvalue weighted by Gasteiger charge is 2.31. The maximum Gasteiger partial charge on any atom is 0.309 e. The van der Waals surface area contributed by atoms with E-state index in [-0.39, 0.29) is 6.42 Å². The summed E-state index contributed by atoms with van der Waals surface area (Å²) in [5.74, 6) is -0.939. The summed E-state index contributed by atoms with van der Waals surface area (Å²) in [6.45, 7) is 3.13. The molecule has 5 nitrogen and oxygen atoms in total. The second kappa shape index (κ2) is 4.35. The van der Waals surface area contributed by atoms with Gasteiger partial charge in [0.25, 0.3) is 0 Å². The predicted molar refractivity (Wildman–Crippen MR) is 53.0 cm³/mol. The van der Waals surface area contributed by atoms with E-state index in [4.69, 9.17) is 5.11 Å². The van der Waals surface area contributed by atoms with Crippen molar-refractivity contribution >= 4 is 5.97 Å². The molecule has 2 N–H and O–H groups in total. The number of carbonyl (C=O) groups is 1. The first kappa shape index (κ1) is 11.6. The van der Waals surface area contributed by atoms with Gasteiger partial charge in [0.05, 0.1) is 23.4 Å². The summed E-state index contributed by atoms with van der Waals surface area (Å²) in [6.07, 6.45) is 3.61. The van der Waals surface area contributed by atoms with Gasteiger partial charge in [-0.15, -0.1) is 0 Å². The van der Waals surface area contributed by atoms with Gasteiger partial charge in [-0.05, 0) is 20.3 Å². The molecule has 0 radical (unpaired) electrons. The van der Waals surface area contributed by atoms with Crippen molar-refractivity contribution in [2.45, 2.75) is 26.4 Å². The zero-order chi connectivity index (χ0) is 11.5. The summed E-state index contributed by atoms with van der Waals surface area (Å²) >= 11 is 0. The minimum Gasteiger partial charge on any atom is -0.481 e. The maximum absolute atomic E-state index is 10.8. The number of carboxylic acids is 1. The van der Waals surface area contributed by atoms with Gasteiger partial charge in [0, 0.05) is 12.4 Å². The quantitative estimate of drug-likeness (QED) is 0.774. The molecule has 0 saturated heterocycles. The van der Waals surface area contributed by atoms with Crippen molar-refractivity contribution in [3.05, 3.63) is 24.3 Å². The molecule has 0 spiro atoms. The summed E-state index contributed by atoms with van der Waals surface area (Å²) in [5.41, 5.74) is -0.580.